The molecular weight excluding hydrogens is 293 g/mol. The highest BCUT2D eigenvalue weighted by Gasteiger charge is 2.37. The van der Waals surface area contributed by atoms with Gasteiger partial charge in [0.05, 0.1) is 11.5 Å². The number of ether oxygens (including phenoxy) is 2. The van der Waals surface area contributed by atoms with Crippen LogP contribution in [0.4, 0.5) is 13.2 Å². The van der Waals surface area contributed by atoms with Gasteiger partial charge in [0, 0.05) is 0 Å². The Labute approximate surface area is 116 Å². The topological polar surface area (TPSA) is 47.5 Å². The number of benzene rings is 1. The molecule has 2 aromatic rings. The van der Waals surface area contributed by atoms with Crippen LogP contribution in [0.2, 0.25) is 0 Å². The van der Waals surface area contributed by atoms with Crippen molar-refractivity contribution >= 4 is 11.5 Å². The van der Waals surface area contributed by atoms with E-state index in [9.17, 15) is 13.2 Å². The van der Waals surface area contributed by atoms with E-state index in [1.807, 2.05) is 0 Å². The van der Waals surface area contributed by atoms with Gasteiger partial charge in [-0.15, -0.1) is 5.10 Å². The molecule has 1 atom stereocenters. The molecule has 1 unspecified atom stereocenters. The quantitative estimate of drug-likeness (QED) is 0.815. The van der Waals surface area contributed by atoms with Crippen LogP contribution in [0.1, 0.15) is 5.69 Å². The van der Waals surface area contributed by atoms with Crippen LogP contribution in [0.3, 0.4) is 0 Å². The first-order valence-electron chi connectivity index (χ1n) is 5.78. The molecule has 1 aromatic heterocycles. The van der Waals surface area contributed by atoms with Crippen LogP contribution >= 0.6 is 11.5 Å². The van der Waals surface area contributed by atoms with Crippen molar-refractivity contribution in [2.45, 2.75) is 12.3 Å². The van der Waals surface area contributed by atoms with E-state index in [2.05, 4.69) is 9.59 Å². The van der Waals surface area contributed by atoms with E-state index in [0.717, 1.165) is 0 Å². The van der Waals surface area contributed by atoms with Gasteiger partial charge in [-0.1, -0.05) is 16.6 Å². The lowest BCUT2D eigenvalue weighted by Crippen LogP contribution is -2.07. The minimum atomic E-state index is -4.51. The Bertz CT molecular complexity index is 611. The summed E-state index contributed by atoms with van der Waals surface area (Å²) in [7, 11) is 0. The number of halogens is 3. The van der Waals surface area contributed by atoms with E-state index in [4.69, 9.17) is 9.47 Å². The molecule has 0 bridgehead atoms. The molecule has 3 rings (SSSR count). The maximum atomic E-state index is 12.8. The Morgan fingerprint density at radius 1 is 1.40 bits per heavy atom. The second-order valence-corrected chi connectivity index (χ2v) is 5.00. The van der Waals surface area contributed by atoms with Crippen LogP contribution in [0.15, 0.2) is 24.3 Å². The fourth-order valence-electron chi connectivity index (χ4n) is 1.65. The van der Waals surface area contributed by atoms with Crippen LogP contribution in [-0.2, 0) is 10.9 Å². The normalized spacial score (nSPS) is 18.1. The predicted molar refractivity (Wildman–Crippen MR) is 65.6 cm³/mol. The van der Waals surface area contributed by atoms with Crippen molar-refractivity contribution in [3.63, 3.8) is 0 Å². The summed E-state index contributed by atoms with van der Waals surface area (Å²) in [6.07, 6.45) is -4.42. The molecule has 1 aromatic carbocycles. The zero-order chi connectivity index (χ0) is 14.2. The van der Waals surface area contributed by atoms with Gasteiger partial charge < -0.3 is 9.47 Å². The summed E-state index contributed by atoms with van der Waals surface area (Å²) >= 11 is 0.714. The molecule has 0 spiro atoms. The average Bonchev–Trinajstić information content (AvgIpc) is 3.09. The van der Waals surface area contributed by atoms with E-state index < -0.39 is 11.9 Å². The number of nitrogens with zero attached hydrogens (tertiary/aromatic N) is 2. The fourth-order valence-corrected chi connectivity index (χ4v) is 2.33. The molecule has 1 saturated heterocycles. The molecule has 106 valence electrons. The molecule has 0 aliphatic carbocycles. The highest BCUT2D eigenvalue weighted by molar-refractivity contribution is 7.09. The van der Waals surface area contributed by atoms with E-state index in [-0.39, 0.29) is 11.0 Å². The molecule has 20 heavy (non-hydrogen) atoms. The van der Waals surface area contributed by atoms with Crippen molar-refractivity contribution in [2.24, 2.45) is 0 Å². The Morgan fingerprint density at radius 2 is 2.20 bits per heavy atom. The van der Waals surface area contributed by atoms with Crippen molar-refractivity contribution in [1.29, 1.82) is 0 Å². The number of alkyl halides is 3. The zero-order valence-electron chi connectivity index (χ0n) is 10.1. The van der Waals surface area contributed by atoms with Gasteiger partial charge in [0.1, 0.15) is 18.5 Å². The third-order valence-corrected chi connectivity index (χ3v) is 3.47. The maximum Gasteiger partial charge on any atom is 0.436 e. The Hall–Kier alpha value is -1.67. The van der Waals surface area contributed by atoms with Gasteiger partial charge in [-0.25, -0.2) is 0 Å². The second-order valence-electron chi connectivity index (χ2n) is 4.24. The first-order valence-corrected chi connectivity index (χ1v) is 6.56. The molecule has 8 heteroatoms. The molecule has 1 aliphatic heterocycles. The third kappa shape index (κ3) is 2.91. The first kappa shape index (κ1) is 13.3. The predicted octanol–water partition coefficient (Wildman–Crippen LogP) is 3.00. The molecule has 4 nitrogen and oxygen atoms in total. The van der Waals surface area contributed by atoms with Gasteiger partial charge >= 0.3 is 6.18 Å². The summed E-state index contributed by atoms with van der Waals surface area (Å²) in [5, 5.41) is 3.16. The summed E-state index contributed by atoms with van der Waals surface area (Å²) in [5.74, 6) is 0.500. The highest BCUT2D eigenvalue weighted by atomic mass is 32.1. The Morgan fingerprint density at radius 3 is 2.90 bits per heavy atom. The minimum Gasteiger partial charge on any atom is -0.491 e. The minimum absolute atomic E-state index is 0.00868. The average molecular weight is 302 g/mol. The molecule has 0 amide bonds. The zero-order valence-corrected chi connectivity index (χ0v) is 10.9. The number of hydrogen-bond donors (Lipinski definition) is 0. The van der Waals surface area contributed by atoms with Gasteiger partial charge in [0.25, 0.3) is 0 Å². The van der Waals surface area contributed by atoms with Crippen LogP contribution in [-0.4, -0.2) is 28.9 Å². The lowest BCUT2D eigenvalue weighted by Gasteiger charge is -2.08. The summed E-state index contributed by atoms with van der Waals surface area (Å²) in [6, 6.07) is 6.45. The first-order chi connectivity index (χ1) is 9.54. The highest BCUT2D eigenvalue weighted by Crippen LogP contribution is 2.38. The van der Waals surface area contributed by atoms with Gasteiger partial charge in [-0.05, 0) is 29.2 Å². The standard InChI is InChI=1S/C12H9F3N2O2S/c13-12(14,15)11-10(20-17-16-11)7-2-1-3-8(4-7)18-5-9-6-19-9/h1-4,9H,5-6H2. The smallest absolute Gasteiger partial charge is 0.436 e. The van der Waals surface area contributed by atoms with E-state index in [0.29, 0.717) is 36.1 Å². The molecule has 1 fully saturated rings. The maximum absolute atomic E-state index is 12.8. The van der Waals surface area contributed by atoms with Crippen molar-refractivity contribution in [3.05, 3.63) is 30.0 Å². The Balaban J connectivity index is 1.86. The molecule has 1 aliphatic rings. The molecule has 0 radical (unpaired) electrons. The molecule has 0 N–H and O–H groups in total. The van der Waals surface area contributed by atoms with E-state index in [1.54, 1.807) is 24.3 Å². The van der Waals surface area contributed by atoms with Gasteiger partial charge in [0.2, 0.25) is 0 Å². The second kappa shape index (κ2) is 5.02. The van der Waals surface area contributed by atoms with Crippen molar-refractivity contribution in [3.8, 4) is 16.2 Å². The molecule has 2 heterocycles. The van der Waals surface area contributed by atoms with Gasteiger partial charge in [-0.3, -0.25) is 0 Å². The number of aromatic nitrogens is 2. The fraction of sp³-hybridized carbons (Fsp3) is 0.333. The summed E-state index contributed by atoms with van der Waals surface area (Å²) in [6.45, 7) is 1.06. The SMILES string of the molecule is FC(F)(F)c1nnsc1-c1cccc(OCC2CO2)c1. The van der Waals surface area contributed by atoms with E-state index >= 15 is 0 Å². The number of hydrogen-bond acceptors (Lipinski definition) is 5. The molecular formula is C12H9F3N2O2S. The summed E-state index contributed by atoms with van der Waals surface area (Å²) in [5.41, 5.74) is -0.577. The van der Waals surface area contributed by atoms with Crippen LogP contribution in [0.25, 0.3) is 10.4 Å². The van der Waals surface area contributed by atoms with Crippen LogP contribution < -0.4 is 4.74 Å². The van der Waals surface area contributed by atoms with Gasteiger partial charge in [0.15, 0.2) is 5.69 Å². The third-order valence-electron chi connectivity index (χ3n) is 2.69. The lowest BCUT2D eigenvalue weighted by atomic mass is 10.1. The van der Waals surface area contributed by atoms with Crippen LogP contribution in [0, 0.1) is 0 Å². The van der Waals surface area contributed by atoms with Crippen molar-refractivity contribution < 1.29 is 22.6 Å². The van der Waals surface area contributed by atoms with Crippen molar-refractivity contribution in [2.75, 3.05) is 13.2 Å². The lowest BCUT2D eigenvalue weighted by molar-refractivity contribution is -0.140. The van der Waals surface area contributed by atoms with E-state index in [1.165, 1.54) is 0 Å². The largest absolute Gasteiger partial charge is 0.491 e. The Kier molecular flexibility index (Phi) is 3.35. The monoisotopic (exact) mass is 302 g/mol. The number of rotatable bonds is 4. The van der Waals surface area contributed by atoms with Crippen molar-refractivity contribution in [1.82, 2.24) is 9.59 Å². The summed E-state index contributed by atoms with van der Waals surface area (Å²) < 4.78 is 52.2. The summed E-state index contributed by atoms with van der Waals surface area (Å²) in [4.78, 5) is -0.00868. The van der Waals surface area contributed by atoms with Gasteiger partial charge in [-0.2, -0.15) is 13.2 Å². The van der Waals surface area contributed by atoms with Crippen LogP contribution in [0.5, 0.6) is 5.75 Å². The number of epoxide rings is 1. The molecule has 0 saturated carbocycles.